The highest BCUT2D eigenvalue weighted by Crippen LogP contribution is 2.31. The van der Waals surface area contributed by atoms with Crippen molar-refractivity contribution in [3.63, 3.8) is 0 Å². The Labute approximate surface area is 193 Å². The molecule has 2 N–H and O–H groups in total. The molecule has 1 aliphatic rings. The number of rotatable bonds is 5. The average Bonchev–Trinajstić information content (AvgIpc) is 3.32. The molecule has 1 unspecified atom stereocenters. The molecule has 0 aliphatic carbocycles. The summed E-state index contributed by atoms with van der Waals surface area (Å²) in [4.78, 5) is 38.4. The van der Waals surface area contributed by atoms with E-state index >= 15 is 0 Å². The van der Waals surface area contributed by atoms with Crippen molar-refractivity contribution in [2.45, 2.75) is 32.1 Å². The van der Waals surface area contributed by atoms with Crippen LogP contribution in [0, 0.1) is 5.82 Å². The second-order valence-corrected chi connectivity index (χ2v) is 8.12. The Morgan fingerprint density at radius 2 is 2.03 bits per heavy atom. The number of ether oxygens (including phenoxy) is 1. The van der Waals surface area contributed by atoms with Crippen LogP contribution in [0.1, 0.15) is 30.1 Å². The van der Waals surface area contributed by atoms with Gasteiger partial charge in [-0.2, -0.15) is 0 Å². The normalized spacial score (nSPS) is 18.1. The van der Waals surface area contributed by atoms with Gasteiger partial charge in [0.15, 0.2) is 0 Å². The Kier molecular flexibility index (Phi) is 6.09. The van der Waals surface area contributed by atoms with E-state index in [9.17, 15) is 23.9 Å². The van der Waals surface area contributed by atoms with Crippen molar-refractivity contribution in [2.24, 2.45) is 0 Å². The number of alkyl carbamates (subject to hydrolysis) is 1. The van der Waals surface area contributed by atoms with Crippen LogP contribution in [-0.2, 0) is 16.1 Å². The Hall–Kier alpha value is -3.43. The van der Waals surface area contributed by atoms with Gasteiger partial charge in [-0.3, -0.25) is 14.2 Å². The number of hydrogen-bond donors (Lipinski definition) is 2. The van der Waals surface area contributed by atoms with Gasteiger partial charge < -0.3 is 20.1 Å². The van der Waals surface area contributed by atoms with Gasteiger partial charge in [0.05, 0.1) is 5.52 Å². The van der Waals surface area contributed by atoms with Crippen LogP contribution in [0.3, 0.4) is 0 Å². The largest absolute Gasteiger partial charge is 0.410 e. The topological polar surface area (TPSA) is 101 Å². The number of anilines is 1. The van der Waals surface area contributed by atoms with Gasteiger partial charge >= 0.3 is 6.09 Å². The zero-order valence-electron chi connectivity index (χ0n) is 17.7. The minimum absolute atomic E-state index is 0.0516. The van der Waals surface area contributed by atoms with Crippen LogP contribution in [0.5, 0.6) is 0 Å². The van der Waals surface area contributed by atoms with Crippen LogP contribution in [0.4, 0.5) is 14.9 Å². The second kappa shape index (κ2) is 8.84. The van der Waals surface area contributed by atoms with E-state index in [-0.39, 0.29) is 30.4 Å². The molecule has 0 spiro atoms. The number of nitrogens with one attached hydrogen (secondary N) is 1. The molecule has 2 heterocycles. The van der Waals surface area contributed by atoms with Gasteiger partial charge in [0.1, 0.15) is 5.82 Å². The molecule has 1 aromatic heterocycles. The number of amides is 2. The van der Waals surface area contributed by atoms with E-state index in [1.165, 1.54) is 17.0 Å². The lowest BCUT2D eigenvalue weighted by atomic mass is 10.2. The highest BCUT2D eigenvalue weighted by atomic mass is 35.5. The molecule has 2 aromatic carbocycles. The Morgan fingerprint density at radius 1 is 1.24 bits per heavy atom. The quantitative estimate of drug-likeness (QED) is 0.548. The van der Waals surface area contributed by atoms with Crippen molar-refractivity contribution in [3.8, 4) is 0 Å². The molecule has 1 saturated heterocycles. The Balaban J connectivity index is 1.44. The number of benzene rings is 2. The SMILES string of the molecule is CCC(=O)n1ccc2cc(N3CCC(O)(OC(=O)NCc4cc(F)cc(Cl)c4)C3=O)ccc21. The second-order valence-electron chi connectivity index (χ2n) is 7.69. The van der Waals surface area contributed by atoms with E-state index in [1.807, 2.05) is 0 Å². The molecular formula is C23H21ClFN3O5. The highest BCUT2D eigenvalue weighted by Gasteiger charge is 2.49. The summed E-state index contributed by atoms with van der Waals surface area (Å²) >= 11 is 5.79. The third-order valence-electron chi connectivity index (χ3n) is 5.43. The van der Waals surface area contributed by atoms with Crippen molar-refractivity contribution in [2.75, 3.05) is 11.4 Å². The lowest BCUT2D eigenvalue weighted by Crippen LogP contribution is -2.46. The number of aliphatic hydroxyl groups is 1. The fourth-order valence-electron chi connectivity index (χ4n) is 3.79. The van der Waals surface area contributed by atoms with E-state index < -0.39 is 23.6 Å². The van der Waals surface area contributed by atoms with Crippen LogP contribution >= 0.6 is 11.6 Å². The van der Waals surface area contributed by atoms with Gasteiger partial charge in [-0.15, -0.1) is 0 Å². The molecule has 10 heteroatoms. The van der Waals surface area contributed by atoms with Crippen LogP contribution in [0.15, 0.2) is 48.7 Å². The fourth-order valence-corrected chi connectivity index (χ4v) is 4.03. The van der Waals surface area contributed by atoms with E-state index in [4.69, 9.17) is 16.3 Å². The monoisotopic (exact) mass is 473 g/mol. The lowest BCUT2D eigenvalue weighted by molar-refractivity contribution is -0.175. The molecule has 1 atom stereocenters. The molecule has 1 aliphatic heterocycles. The Bertz CT molecular complexity index is 1240. The van der Waals surface area contributed by atoms with Gasteiger partial charge in [-0.25, -0.2) is 9.18 Å². The predicted octanol–water partition coefficient (Wildman–Crippen LogP) is 3.84. The fraction of sp³-hybridized carbons (Fsp3) is 0.261. The summed E-state index contributed by atoms with van der Waals surface area (Å²) in [7, 11) is 0. The standard InChI is InChI=1S/C23H21ClFN3O5/c1-2-20(29)28-7-5-15-11-18(3-4-19(15)28)27-8-6-23(32,21(27)30)33-22(31)26-13-14-9-16(24)12-17(25)10-14/h3-5,7,9-12,32H,2,6,8,13H2,1H3,(H,26,31). The number of aromatic nitrogens is 1. The summed E-state index contributed by atoms with van der Waals surface area (Å²) in [5.41, 5.74) is 1.61. The van der Waals surface area contributed by atoms with Gasteiger partial charge in [-0.05, 0) is 48.0 Å². The molecule has 172 valence electrons. The molecule has 8 nitrogen and oxygen atoms in total. The summed E-state index contributed by atoms with van der Waals surface area (Å²) in [5, 5.41) is 14.0. The minimum Gasteiger partial charge on any atom is -0.407 e. The molecule has 4 rings (SSSR count). The summed E-state index contributed by atoms with van der Waals surface area (Å²) in [6, 6.07) is 10.7. The zero-order chi connectivity index (χ0) is 23.8. The smallest absolute Gasteiger partial charge is 0.407 e. The van der Waals surface area contributed by atoms with Crippen LogP contribution in [-0.4, -0.2) is 39.9 Å². The van der Waals surface area contributed by atoms with E-state index in [1.54, 1.807) is 42.0 Å². The maximum atomic E-state index is 13.4. The molecule has 1 fully saturated rings. The number of fused-ring (bicyclic) bond motifs is 1. The van der Waals surface area contributed by atoms with Crippen molar-refractivity contribution < 1.29 is 28.6 Å². The first-order valence-corrected chi connectivity index (χ1v) is 10.7. The van der Waals surface area contributed by atoms with E-state index in [2.05, 4.69) is 5.32 Å². The first-order chi connectivity index (χ1) is 15.7. The number of halogens is 2. The average molecular weight is 474 g/mol. The van der Waals surface area contributed by atoms with Crippen molar-refractivity contribution in [1.29, 1.82) is 0 Å². The molecule has 2 amide bonds. The van der Waals surface area contributed by atoms with Crippen LogP contribution in [0.25, 0.3) is 10.9 Å². The van der Waals surface area contributed by atoms with Gasteiger partial charge in [0.2, 0.25) is 5.91 Å². The molecule has 33 heavy (non-hydrogen) atoms. The highest BCUT2D eigenvalue weighted by molar-refractivity contribution is 6.30. The molecule has 3 aromatic rings. The van der Waals surface area contributed by atoms with Crippen LogP contribution in [0.2, 0.25) is 5.02 Å². The van der Waals surface area contributed by atoms with Crippen molar-refractivity contribution in [1.82, 2.24) is 9.88 Å². The molecule has 0 radical (unpaired) electrons. The summed E-state index contributed by atoms with van der Waals surface area (Å²) in [6.45, 7) is 1.80. The molecule has 0 bridgehead atoms. The predicted molar refractivity (Wildman–Crippen MR) is 120 cm³/mol. The molecular weight excluding hydrogens is 453 g/mol. The number of hydrogen-bond acceptors (Lipinski definition) is 5. The maximum Gasteiger partial charge on any atom is 0.410 e. The zero-order valence-corrected chi connectivity index (χ0v) is 18.4. The van der Waals surface area contributed by atoms with E-state index in [0.29, 0.717) is 23.2 Å². The van der Waals surface area contributed by atoms with Crippen molar-refractivity contribution >= 4 is 46.1 Å². The third kappa shape index (κ3) is 4.55. The van der Waals surface area contributed by atoms with Crippen LogP contribution < -0.4 is 10.2 Å². The van der Waals surface area contributed by atoms with Gasteiger partial charge in [0, 0.05) is 48.2 Å². The number of carbonyl (C=O) groups excluding carboxylic acids is 3. The Morgan fingerprint density at radius 3 is 2.76 bits per heavy atom. The number of carbonyl (C=O) groups is 3. The maximum absolute atomic E-state index is 13.4. The summed E-state index contributed by atoms with van der Waals surface area (Å²) in [5.74, 6) is -3.72. The first kappa shape index (κ1) is 22.8. The summed E-state index contributed by atoms with van der Waals surface area (Å²) < 4.78 is 20.0. The lowest BCUT2D eigenvalue weighted by Gasteiger charge is -2.22. The first-order valence-electron chi connectivity index (χ1n) is 10.3. The van der Waals surface area contributed by atoms with Gasteiger partial charge in [-0.1, -0.05) is 18.5 Å². The van der Waals surface area contributed by atoms with Gasteiger partial charge in [0.25, 0.3) is 11.7 Å². The van der Waals surface area contributed by atoms with Crippen molar-refractivity contribution in [3.05, 3.63) is 65.1 Å². The van der Waals surface area contributed by atoms with E-state index in [0.717, 1.165) is 11.5 Å². The minimum atomic E-state index is -2.33. The summed E-state index contributed by atoms with van der Waals surface area (Å²) in [6.07, 6.45) is 0.869. The molecule has 0 saturated carbocycles. The number of nitrogens with zero attached hydrogens (tertiary/aromatic N) is 2. The third-order valence-corrected chi connectivity index (χ3v) is 5.65.